The molecule has 1 aliphatic heterocycles. The number of hydrogen-bond acceptors (Lipinski definition) is 8. The van der Waals surface area contributed by atoms with Crippen LogP contribution in [0.15, 0.2) is 61.2 Å². The van der Waals surface area contributed by atoms with Crippen LogP contribution in [0, 0.1) is 15.9 Å². The lowest BCUT2D eigenvalue weighted by Crippen LogP contribution is -2.62. The molecule has 0 radical (unpaired) electrons. The number of benzene rings is 2. The maximum atomic E-state index is 14.0. The molecule has 2 aromatic carbocycles. The topological polar surface area (TPSA) is 146 Å². The van der Waals surface area contributed by atoms with Gasteiger partial charge in [0, 0.05) is 19.6 Å². The lowest BCUT2D eigenvalue weighted by molar-refractivity contribution is -0.384. The van der Waals surface area contributed by atoms with E-state index in [4.69, 9.17) is 15.2 Å². The van der Waals surface area contributed by atoms with Crippen molar-refractivity contribution in [2.75, 3.05) is 24.5 Å². The summed E-state index contributed by atoms with van der Waals surface area (Å²) in [6.45, 7) is 9.60. The van der Waals surface area contributed by atoms with Crippen LogP contribution in [-0.4, -0.2) is 62.9 Å². The average molecular weight is 553 g/mol. The Morgan fingerprint density at radius 1 is 1.23 bits per heavy atom. The molecular weight excluding hydrogens is 523 g/mol. The highest BCUT2D eigenvalue weighted by Gasteiger charge is 2.42. The highest BCUT2D eigenvalue weighted by atomic mass is 19.1. The number of rotatable bonds is 9. The molecule has 0 saturated carbocycles. The van der Waals surface area contributed by atoms with Crippen LogP contribution in [0.1, 0.15) is 31.3 Å². The number of nitro groups is 1. The van der Waals surface area contributed by atoms with Crippen molar-refractivity contribution in [2.45, 2.75) is 32.4 Å². The van der Waals surface area contributed by atoms with Crippen molar-refractivity contribution in [2.24, 2.45) is 5.73 Å². The Kier molecular flexibility index (Phi) is 7.75. The molecule has 40 heavy (non-hydrogen) atoms. The van der Waals surface area contributed by atoms with E-state index in [-0.39, 0.29) is 42.9 Å². The van der Waals surface area contributed by atoms with Gasteiger partial charge in [0.05, 0.1) is 16.7 Å². The fraction of sp³-hybridized carbons (Fsp3) is 0.296. The second-order valence-corrected chi connectivity index (χ2v) is 10.1. The van der Waals surface area contributed by atoms with Crippen LogP contribution in [0.3, 0.4) is 0 Å². The second-order valence-electron chi connectivity index (χ2n) is 10.1. The van der Waals surface area contributed by atoms with Gasteiger partial charge in [0.25, 0.3) is 5.91 Å². The first-order chi connectivity index (χ1) is 18.9. The summed E-state index contributed by atoms with van der Waals surface area (Å²) in [7, 11) is 0. The lowest BCUT2D eigenvalue weighted by atomic mass is 10.1. The molecule has 2 amide bonds. The lowest BCUT2D eigenvalue weighted by Gasteiger charge is -2.44. The molecule has 1 aliphatic rings. The fourth-order valence-corrected chi connectivity index (χ4v) is 4.15. The normalized spacial score (nSPS) is 13.3. The van der Waals surface area contributed by atoms with Gasteiger partial charge >= 0.3 is 11.8 Å². The number of anilines is 1. The number of amides is 2. The van der Waals surface area contributed by atoms with Crippen LogP contribution >= 0.6 is 0 Å². The molecule has 2 N–H and O–H groups in total. The summed E-state index contributed by atoms with van der Waals surface area (Å²) in [6.07, 6.45) is 1.04. The first kappa shape index (κ1) is 28.1. The average Bonchev–Trinajstić information content (AvgIpc) is 3.24. The van der Waals surface area contributed by atoms with Gasteiger partial charge in [-0.15, -0.1) is 11.7 Å². The van der Waals surface area contributed by atoms with E-state index < -0.39 is 39.7 Å². The molecule has 0 atom stereocenters. The first-order valence-electron chi connectivity index (χ1n) is 12.3. The van der Waals surface area contributed by atoms with Crippen LogP contribution in [0.2, 0.25) is 0 Å². The minimum atomic E-state index is -1.06. The van der Waals surface area contributed by atoms with E-state index in [2.05, 4.69) is 11.7 Å². The van der Waals surface area contributed by atoms with Gasteiger partial charge in [-0.05, 0) is 57.2 Å². The Labute approximate surface area is 229 Å². The summed E-state index contributed by atoms with van der Waals surface area (Å²) in [5.74, 6) is -1.38. The zero-order valence-electron chi connectivity index (χ0n) is 22.2. The van der Waals surface area contributed by atoms with Gasteiger partial charge in [-0.25, -0.2) is 13.9 Å². The number of carbonyl (C=O) groups excluding carboxylic acids is 2. The Bertz CT molecular complexity index is 1440. The molecule has 0 unspecified atom stereocenters. The van der Waals surface area contributed by atoms with Crippen molar-refractivity contribution in [1.82, 2.24) is 14.7 Å². The minimum Gasteiger partial charge on any atom is -0.454 e. The van der Waals surface area contributed by atoms with Crippen LogP contribution in [0.5, 0.6) is 11.5 Å². The zero-order valence-corrected chi connectivity index (χ0v) is 22.2. The third kappa shape index (κ3) is 5.87. The third-order valence-electron chi connectivity index (χ3n) is 5.96. The van der Waals surface area contributed by atoms with Crippen molar-refractivity contribution >= 4 is 23.5 Å². The van der Waals surface area contributed by atoms with E-state index >= 15 is 0 Å². The standard InChI is InChI=1S/C27H29FN6O6/c1-5-14-32(18-15-31(16-18)26(36)40-27(2,3)4)25-23(34(37)38)22(24(29)35)33(30-25)17-10-12-19(13-11-17)39-21-9-7-6-8-20(21)28/h5-13,18H,1,14-16H2,2-4H3,(H2,29,35). The summed E-state index contributed by atoms with van der Waals surface area (Å²) < 4.78 is 26.0. The Morgan fingerprint density at radius 2 is 1.88 bits per heavy atom. The van der Waals surface area contributed by atoms with Crippen LogP contribution in [0.25, 0.3) is 5.69 Å². The number of nitrogens with two attached hydrogens (primary N) is 1. The molecule has 1 saturated heterocycles. The van der Waals surface area contributed by atoms with Gasteiger partial charge in [-0.1, -0.05) is 18.2 Å². The Hall–Kier alpha value is -4.94. The molecular formula is C27H29FN6O6. The third-order valence-corrected chi connectivity index (χ3v) is 5.96. The van der Waals surface area contributed by atoms with Gasteiger partial charge < -0.3 is 25.0 Å². The molecule has 3 aromatic rings. The van der Waals surface area contributed by atoms with E-state index in [1.807, 2.05) is 0 Å². The number of carbonyl (C=O) groups is 2. The van der Waals surface area contributed by atoms with Crippen LogP contribution in [-0.2, 0) is 4.74 Å². The Balaban J connectivity index is 1.66. The Morgan fingerprint density at radius 3 is 2.42 bits per heavy atom. The maximum absolute atomic E-state index is 14.0. The summed E-state index contributed by atoms with van der Waals surface area (Å²) in [5.41, 5.74) is 4.20. The van der Waals surface area contributed by atoms with Crippen LogP contribution < -0.4 is 15.4 Å². The molecule has 12 nitrogen and oxygen atoms in total. The molecule has 13 heteroatoms. The zero-order chi connectivity index (χ0) is 29.2. The van der Waals surface area contributed by atoms with Crippen molar-refractivity contribution < 1.29 is 28.4 Å². The van der Waals surface area contributed by atoms with Gasteiger partial charge in [-0.3, -0.25) is 14.9 Å². The summed E-state index contributed by atoms with van der Waals surface area (Å²) >= 11 is 0. The highest BCUT2D eigenvalue weighted by Crippen LogP contribution is 2.36. The summed E-state index contributed by atoms with van der Waals surface area (Å²) in [6, 6.07) is 11.6. The number of primary amides is 1. The predicted octanol–water partition coefficient (Wildman–Crippen LogP) is 4.42. The number of likely N-dealkylation sites (tertiary alicyclic amines) is 1. The van der Waals surface area contributed by atoms with Crippen LogP contribution in [0.4, 0.5) is 20.7 Å². The predicted molar refractivity (Wildman–Crippen MR) is 144 cm³/mol. The number of para-hydroxylation sites is 1. The number of nitrogens with zero attached hydrogens (tertiary/aromatic N) is 5. The summed E-state index contributed by atoms with van der Waals surface area (Å²) in [5, 5.41) is 16.6. The van der Waals surface area contributed by atoms with E-state index in [9.17, 15) is 24.1 Å². The van der Waals surface area contributed by atoms with Crippen molar-refractivity contribution in [3.05, 3.63) is 82.8 Å². The SMILES string of the molecule is C=CCN(c1nn(-c2ccc(Oc3ccccc3F)cc2)c(C(N)=O)c1[N+](=O)[O-])C1CN(C(=O)OC(C)(C)C)C1. The number of halogens is 1. The quantitative estimate of drug-likeness (QED) is 0.233. The van der Waals surface area contributed by atoms with Gasteiger partial charge in [0.2, 0.25) is 11.5 Å². The number of hydrogen-bond donors (Lipinski definition) is 1. The molecule has 210 valence electrons. The molecule has 0 bridgehead atoms. The number of ether oxygens (including phenoxy) is 2. The monoisotopic (exact) mass is 552 g/mol. The van der Waals surface area contributed by atoms with Crippen molar-refractivity contribution in [3.8, 4) is 17.2 Å². The fourth-order valence-electron chi connectivity index (χ4n) is 4.15. The van der Waals surface area contributed by atoms with Crippen molar-refractivity contribution in [3.63, 3.8) is 0 Å². The van der Waals surface area contributed by atoms with Gasteiger partial charge in [-0.2, -0.15) is 0 Å². The minimum absolute atomic E-state index is 0.0195. The van der Waals surface area contributed by atoms with E-state index in [1.54, 1.807) is 31.7 Å². The molecule has 1 aromatic heterocycles. The van der Waals surface area contributed by atoms with E-state index in [0.717, 1.165) is 4.68 Å². The molecule has 1 fully saturated rings. The highest BCUT2D eigenvalue weighted by molar-refractivity contribution is 5.98. The molecule has 0 aliphatic carbocycles. The summed E-state index contributed by atoms with van der Waals surface area (Å²) in [4.78, 5) is 39.4. The smallest absolute Gasteiger partial charge is 0.410 e. The van der Waals surface area contributed by atoms with E-state index in [1.165, 1.54) is 53.4 Å². The second kappa shape index (κ2) is 11.0. The maximum Gasteiger partial charge on any atom is 0.410 e. The van der Waals surface area contributed by atoms with E-state index in [0.29, 0.717) is 5.75 Å². The largest absolute Gasteiger partial charge is 0.454 e. The van der Waals surface area contributed by atoms with Gasteiger partial charge in [0.15, 0.2) is 11.6 Å². The molecule has 4 rings (SSSR count). The van der Waals surface area contributed by atoms with Crippen molar-refractivity contribution in [1.29, 1.82) is 0 Å². The molecule has 0 spiro atoms. The molecule has 2 heterocycles. The first-order valence-corrected chi connectivity index (χ1v) is 12.3. The van der Waals surface area contributed by atoms with Gasteiger partial charge in [0.1, 0.15) is 11.4 Å². The number of aromatic nitrogens is 2.